The van der Waals surface area contributed by atoms with Gasteiger partial charge in [0.2, 0.25) is 0 Å². The third kappa shape index (κ3) is 4.40. The summed E-state index contributed by atoms with van der Waals surface area (Å²) in [6.45, 7) is 3.73. The van der Waals surface area contributed by atoms with Gasteiger partial charge in [0.05, 0.1) is 6.04 Å². The molecule has 156 valence electrons. The topological polar surface area (TPSA) is 57.8 Å². The summed E-state index contributed by atoms with van der Waals surface area (Å²) in [4.78, 5) is 21.1. The minimum Gasteiger partial charge on any atom is -0.344 e. The van der Waals surface area contributed by atoms with E-state index in [9.17, 15) is 9.18 Å². The monoisotopic (exact) mass is 413 g/mol. The SMILES string of the molecule is CCC(NC(=O)c1[nH]c(-c2ccccc2)nc1-c1ccc(C)c(F)c1)c1ccccc1. The third-order valence-electron chi connectivity index (χ3n) is 5.34. The summed E-state index contributed by atoms with van der Waals surface area (Å²) in [5.41, 5.74) is 3.73. The molecule has 0 bridgehead atoms. The van der Waals surface area contributed by atoms with Gasteiger partial charge in [-0.1, -0.05) is 79.7 Å². The van der Waals surface area contributed by atoms with Crippen LogP contribution in [0.1, 0.15) is 41.0 Å². The summed E-state index contributed by atoms with van der Waals surface area (Å²) in [6, 6.07) is 24.2. The molecule has 4 nitrogen and oxygen atoms in total. The molecule has 31 heavy (non-hydrogen) atoms. The van der Waals surface area contributed by atoms with Gasteiger partial charge in [0, 0.05) is 11.1 Å². The van der Waals surface area contributed by atoms with Gasteiger partial charge in [-0.05, 0) is 30.5 Å². The summed E-state index contributed by atoms with van der Waals surface area (Å²) in [5.74, 6) is -0.0419. The molecule has 1 unspecified atom stereocenters. The molecule has 0 fully saturated rings. The molecule has 1 aromatic heterocycles. The van der Waals surface area contributed by atoms with Gasteiger partial charge < -0.3 is 10.3 Å². The highest BCUT2D eigenvalue weighted by atomic mass is 19.1. The molecule has 1 atom stereocenters. The Morgan fingerprint density at radius 2 is 1.68 bits per heavy atom. The zero-order valence-electron chi connectivity index (χ0n) is 17.5. The summed E-state index contributed by atoms with van der Waals surface area (Å²) in [6.07, 6.45) is 0.740. The van der Waals surface area contributed by atoms with Crippen LogP contribution in [0.25, 0.3) is 22.6 Å². The number of hydrogen-bond donors (Lipinski definition) is 2. The number of nitrogens with one attached hydrogen (secondary N) is 2. The molecule has 0 spiro atoms. The number of aryl methyl sites for hydroxylation is 1. The molecule has 2 N–H and O–H groups in total. The van der Waals surface area contributed by atoms with Gasteiger partial charge in [0.1, 0.15) is 23.0 Å². The average molecular weight is 413 g/mol. The van der Waals surface area contributed by atoms with E-state index in [-0.39, 0.29) is 17.8 Å². The maximum Gasteiger partial charge on any atom is 0.270 e. The standard InChI is InChI=1S/C26H24FN3O/c1-3-22(18-10-6-4-7-11-18)28-26(31)24-23(20-15-14-17(2)21(27)16-20)29-25(30-24)19-12-8-5-9-13-19/h4-16,22H,3H2,1-2H3,(H,28,31)(H,29,30). The zero-order valence-corrected chi connectivity index (χ0v) is 17.5. The first-order valence-corrected chi connectivity index (χ1v) is 10.3. The molecule has 3 aromatic carbocycles. The average Bonchev–Trinajstić information content (AvgIpc) is 3.26. The number of nitrogens with zero attached hydrogens (tertiary/aromatic N) is 1. The Hall–Kier alpha value is -3.73. The van der Waals surface area contributed by atoms with Crippen molar-refractivity contribution >= 4 is 5.91 Å². The number of hydrogen-bond acceptors (Lipinski definition) is 2. The molecule has 0 aliphatic rings. The van der Waals surface area contributed by atoms with Crippen LogP contribution >= 0.6 is 0 Å². The van der Waals surface area contributed by atoms with Gasteiger partial charge in [0.15, 0.2) is 0 Å². The van der Waals surface area contributed by atoms with E-state index in [0.29, 0.717) is 28.3 Å². The van der Waals surface area contributed by atoms with E-state index in [2.05, 4.69) is 15.3 Å². The van der Waals surface area contributed by atoms with Crippen LogP contribution in [0.15, 0.2) is 78.9 Å². The number of halogens is 1. The first kappa shape index (κ1) is 20.5. The minimum absolute atomic E-state index is 0.139. The van der Waals surface area contributed by atoms with Crippen LogP contribution in [-0.4, -0.2) is 15.9 Å². The number of aromatic amines is 1. The van der Waals surface area contributed by atoms with Crippen LogP contribution in [0.2, 0.25) is 0 Å². The summed E-state index contributed by atoms with van der Waals surface area (Å²) in [7, 11) is 0. The number of H-pyrrole nitrogens is 1. The molecular formula is C26H24FN3O. The highest BCUT2D eigenvalue weighted by molar-refractivity contribution is 5.99. The Balaban J connectivity index is 1.75. The third-order valence-corrected chi connectivity index (χ3v) is 5.34. The van der Waals surface area contributed by atoms with E-state index in [4.69, 9.17) is 0 Å². The van der Waals surface area contributed by atoms with E-state index >= 15 is 0 Å². The van der Waals surface area contributed by atoms with Crippen molar-refractivity contribution in [3.63, 3.8) is 0 Å². The quantitative estimate of drug-likeness (QED) is 0.403. The van der Waals surface area contributed by atoms with E-state index in [0.717, 1.165) is 17.5 Å². The van der Waals surface area contributed by atoms with Crippen LogP contribution < -0.4 is 5.32 Å². The number of amides is 1. The van der Waals surface area contributed by atoms with Gasteiger partial charge in [-0.25, -0.2) is 9.37 Å². The number of benzene rings is 3. The number of carbonyl (C=O) groups excluding carboxylic acids is 1. The summed E-state index contributed by atoms with van der Waals surface area (Å²) >= 11 is 0. The molecule has 0 aliphatic heterocycles. The van der Waals surface area contributed by atoms with Crippen LogP contribution in [0, 0.1) is 12.7 Å². The molecule has 1 heterocycles. The van der Waals surface area contributed by atoms with Crippen molar-refractivity contribution in [1.29, 1.82) is 0 Å². The van der Waals surface area contributed by atoms with Gasteiger partial charge in [-0.3, -0.25) is 4.79 Å². The Morgan fingerprint density at radius 1 is 1.00 bits per heavy atom. The van der Waals surface area contributed by atoms with Gasteiger partial charge in [-0.15, -0.1) is 0 Å². The van der Waals surface area contributed by atoms with E-state index in [1.54, 1.807) is 19.1 Å². The molecule has 0 saturated carbocycles. The van der Waals surface area contributed by atoms with E-state index in [1.807, 2.05) is 67.6 Å². The van der Waals surface area contributed by atoms with Crippen molar-refractivity contribution in [3.05, 3.63) is 102 Å². The maximum atomic E-state index is 14.3. The lowest BCUT2D eigenvalue weighted by molar-refractivity contribution is 0.0932. The number of rotatable bonds is 6. The van der Waals surface area contributed by atoms with Crippen LogP contribution in [0.5, 0.6) is 0 Å². The fraction of sp³-hybridized carbons (Fsp3) is 0.154. The molecule has 1 amide bonds. The molecule has 0 aliphatic carbocycles. The predicted molar refractivity (Wildman–Crippen MR) is 121 cm³/mol. The van der Waals surface area contributed by atoms with Gasteiger partial charge in [0.25, 0.3) is 5.91 Å². The number of carbonyl (C=O) groups is 1. The van der Waals surface area contributed by atoms with Gasteiger partial charge >= 0.3 is 0 Å². The first-order chi connectivity index (χ1) is 15.1. The highest BCUT2D eigenvalue weighted by Gasteiger charge is 2.22. The lowest BCUT2D eigenvalue weighted by atomic mass is 10.0. The smallest absolute Gasteiger partial charge is 0.270 e. The van der Waals surface area contributed by atoms with Crippen molar-refractivity contribution in [3.8, 4) is 22.6 Å². The van der Waals surface area contributed by atoms with E-state index < -0.39 is 0 Å². The van der Waals surface area contributed by atoms with Crippen molar-refractivity contribution in [2.75, 3.05) is 0 Å². The van der Waals surface area contributed by atoms with E-state index in [1.165, 1.54) is 6.07 Å². The normalized spacial score (nSPS) is 11.8. The van der Waals surface area contributed by atoms with Crippen molar-refractivity contribution in [1.82, 2.24) is 15.3 Å². The largest absolute Gasteiger partial charge is 0.344 e. The lowest BCUT2D eigenvalue weighted by Gasteiger charge is -2.17. The second-order valence-electron chi connectivity index (χ2n) is 7.48. The molecule has 4 rings (SSSR count). The molecule has 0 saturated heterocycles. The number of imidazole rings is 1. The van der Waals surface area contributed by atoms with Crippen molar-refractivity contribution < 1.29 is 9.18 Å². The predicted octanol–water partition coefficient (Wildman–Crippen LogP) is 6.07. The Kier molecular flexibility index (Phi) is 5.94. The second kappa shape index (κ2) is 8.96. The van der Waals surface area contributed by atoms with Crippen LogP contribution in [0.4, 0.5) is 4.39 Å². The fourth-order valence-electron chi connectivity index (χ4n) is 3.56. The van der Waals surface area contributed by atoms with Crippen molar-refractivity contribution in [2.24, 2.45) is 0 Å². The first-order valence-electron chi connectivity index (χ1n) is 10.3. The summed E-state index contributed by atoms with van der Waals surface area (Å²) < 4.78 is 14.3. The lowest BCUT2D eigenvalue weighted by Crippen LogP contribution is -2.28. The summed E-state index contributed by atoms with van der Waals surface area (Å²) in [5, 5.41) is 3.10. The Morgan fingerprint density at radius 3 is 2.32 bits per heavy atom. The maximum absolute atomic E-state index is 14.3. The molecule has 4 aromatic rings. The second-order valence-corrected chi connectivity index (χ2v) is 7.48. The molecular weight excluding hydrogens is 389 g/mol. The Bertz CT molecular complexity index is 1190. The van der Waals surface area contributed by atoms with Crippen molar-refractivity contribution in [2.45, 2.75) is 26.3 Å². The highest BCUT2D eigenvalue weighted by Crippen LogP contribution is 2.28. The molecule has 0 radical (unpaired) electrons. The van der Waals surface area contributed by atoms with Gasteiger partial charge in [-0.2, -0.15) is 0 Å². The fourth-order valence-corrected chi connectivity index (χ4v) is 3.56. The van der Waals surface area contributed by atoms with Crippen LogP contribution in [-0.2, 0) is 0 Å². The Labute approximate surface area is 181 Å². The number of aromatic nitrogens is 2. The van der Waals surface area contributed by atoms with Crippen LogP contribution in [0.3, 0.4) is 0 Å². The molecule has 5 heteroatoms. The minimum atomic E-state index is -0.330. The zero-order chi connectivity index (χ0) is 21.8.